The maximum Gasteiger partial charge on any atom is 0.234 e. The van der Waals surface area contributed by atoms with Crippen molar-refractivity contribution in [2.45, 2.75) is 31.8 Å². The lowest BCUT2D eigenvalue weighted by Crippen LogP contribution is -2.28. The Balaban J connectivity index is 1.86. The van der Waals surface area contributed by atoms with Gasteiger partial charge in [-0.15, -0.1) is 0 Å². The summed E-state index contributed by atoms with van der Waals surface area (Å²) in [4.78, 5) is 12.7. The first kappa shape index (κ1) is 13.2. The van der Waals surface area contributed by atoms with Gasteiger partial charge in [0.05, 0.1) is 17.3 Å². The van der Waals surface area contributed by atoms with Crippen LogP contribution < -0.4 is 5.73 Å². The van der Waals surface area contributed by atoms with Crippen LogP contribution in [0.3, 0.4) is 0 Å². The average Bonchev–Trinajstić information content (AvgIpc) is 2.92. The van der Waals surface area contributed by atoms with Crippen molar-refractivity contribution in [3.8, 4) is 0 Å². The molecule has 0 spiro atoms. The van der Waals surface area contributed by atoms with Crippen molar-refractivity contribution in [1.82, 2.24) is 4.57 Å². The molecular formula is C16H20N2O2. The highest BCUT2D eigenvalue weighted by Crippen LogP contribution is 2.29. The Kier molecular flexibility index (Phi) is 3.49. The summed E-state index contributed by atoms with van der Waals surface area (Å²) in [6.45, 7) is 0. The van der Waals surface area contributed by atoms with Crippen molar-refractivity contribution in [2.24, 2.45) is 5.92 Å². The van der Waals surface area contributed by atoms with Gasteiger partial charge in [-0.2, -0.15) is 0 Å². The minimum atomic E-state index is 0.0802. The molecule has 20 heavy (non-hydrogen) atoms. The van der Waals surface area contributed by atoms with E-state index < -0.39 is 0 Å². The summed E-state index contributed by atoms with van der Waals surface area (Å²) in [5.74, 6) is 0.240. The number of nitrogen functional groups attached to an aromatic ring is 1. The monoisotopic (exact) mass is 272 g/mol. The zero-order valence-electron chi connectivity index (χ0n) is 11.7. The van der Waals surface area contributed by atoms with Gasteiger partial charge in [-0.25, -0.2) is 0 Å². The van der Waals surface area contributed by atoms with E-state index in [-0.39, 0.29) is 11.8 Å². The molecule has 0 unspecified atom stereocenters. The summed E-state index contributed by atoms with van der Waals surface area (Å²) < 4.78 is 7.09. The van der Waals surface area contributed by atoms with Gasteiger partial charge in [-0.3, -0.25) is 9.36 Å². The lowest BCUT2D eigenvalue weighted by molar-refractivity contribution is 0.0485. The number of benzene rings is 1. The van der Waals surface area contributed by atoms with E-state index in [0.717, 1.165) is 36.6 Å². The molecule has 0 atom stereocenters. The molecule has 1 aromatic carbocycles. The number of hydrogen-bond donors (Lipinski definition) is 1. The molecule has 2 N–H and O–H groups in total. The van der Waals surface area contributed by atoms with Crippen LogP contribution in [-0.2, 0) is 4.74 Å². The van der Waals surface area contributed by atoms with Gasteiger partial charge in [0.1, 0.15) is 0 Å². The summed E-state index contributed by atoms with van der Waals surface area (Å²) in [5.41, 5.74) is 7.52. The summed E-state index contributed by atoms with van der Waals surface area (Å²) in [6.07, 6.45) is 5.85. The molecule has 1 aliphatic carbocycles. The van der Waals surface area contributed by atoms with E-state index in [9.17, 15) is 4.79 Å². The Hall–Kier alpha value is -1.81. The highest BCUT2D eigenvalue weighted by atomic mass is 16.5. The third-order valence-electron chi connectivity index (χ3n) is 4.34. The fourth-order valence-corrected chi connectivity index (χ4v) is 3.15. The molecule has 106 valence electrons. The second-order valence-electron chi connectivity index (χ2n) is 5.52. The minimum absolute atomic E-state index is 0.0802. The van der Waals surface area contributed by atoms with Gasteiger partial charge < -0.3 is 10.5 Å². The van der Waals surface area contributed by atoms with Crippen molar-refractivity contribution in [3.63, 3.8) is 0 Å². The zero-order chi connectivity index (χ0) is 14.1. The van der Waals surface area contributed by atoms with Crippen molar-refractivity contribution >= 4 is 22.5 Å². The molecular weight excluding hydrogens is 252 g/mol. The van der Waals surface area contributed by atoms with E-state index in [1.54, 1.807) is 11.7 Å². The number of aromatic nitrogens is 1. The number of methoxy groups -OCH3 is 1. The molecule has 3 rings (SSSR count). The van der Waals surface area contributed by atoms with Gasteiger partial charge in [0, 0.05) is 24.6 Å². The molecule has 2 aromatic rings. The molecule has 1 heterocycles. The van der Waals surface area contributed by atoms with Gasteiger partial charge in [-0.1, -0.05) is 12.1 Å². The van der Waals surface area contributed by atoms with Gasteiger partial charge in [0.15, 0.2) is 0 Å². The SMILES string of the molecule is COC1CCC(C(=O)n2ccc3cccc(N)c32)CC1. The molecule has 1 aliphatic rings. The minimum Gasteiger partial charge on any atom is -0.397 e. The van der Waals surface area contributed by atoms with Gasteiger partial charge in [0.25, 0.3) is 0 Å². The quantitative estimate of drug-likeness (QED) is 0.855. The summed E-state index contributed by atoms with van der Waals surface area (Å²) in [7, 11) is 1.74. The average molecular weight is 272 g/mol. The van der Waals surface area contributed by atoms with Crippen LogP contribution in [0.1, 0.15) is 30.5 Å². The van der Waals surface area contributed by atoms with Crippen LogP contribution in [-0.4, -0.2) is 23.7 Å². The van der Waals surface area contributed by atoms with E-state index in [2.05, 4.69) is 0 Å². The van der Waals surface area contributed by atoms with Crippen LogP contribution in [0.15, 0.2) is 30.5 Å². The number of fused-ring (bicyclic) bond motifs is 1. The molecule has 0 amide bonds. The number of hydrogen-bond acceptors (Lipinski definition) is 3. The number of para-hydroxylation sites is 1. The first-order valence-corrected chi connectivity index (χ1v) is 7.13. The predicted octanol–water partition coefficient (Wildman–Crippen LogP) is 3.07. The second-order valence-corrected chi connectivity index (χ2v) is 5.52. The molecule has 1 fully saturated rings. The van der Waals surface area contributed by atoms with Crippen LogP contribution in [0.2, 0.25) is 0 Å². The molecule has 0 saturated heterocycles. The van der Waals surface area contributed by atoms with E-state index in [4.69, 9.17) is 10.5 Å². The third kappa shape index (κ3) is 2.20. The number of anilines is 1. The fourth-order valence-electron chi connectivity index (χ4n) is 3.15. The zero-order valence-corrected chi connectivity index (χ0v) is 11.7. The number of nitrogens with zero attached hydrogens (tertiary/aromatic N) is 1. The number of carbonyl (C=O) groups is 1. The van der Waals surface area contributed by atoms with E-state index in [1.165, 1.54) is 0 Å². The fraction of sp³-hybridized carbons (Fsp3) is 0.438. The highest BCUT2D eigenvalue weighted by molar-refractivity contribution is 5.99. The molecule has 0 aliphatic heterocycles. The van der Waals surface area contributed by atoms with Crippen molar-refractivity contribution in [1.29, 1.82) is 0 Å². The number of carbonyl (C=O) groups excluding carboxylic acids is 1. The van der Waals surface area contributed by atoms with Crippen LogP contribution in [0.25, 0.3) is 10.9 Å². The first-order chi connectivity index (χ1) is 9.70. The smallest absolute Gasteiger partial charge is 0.234 e. The van der Waals surface area contributed by atoms with E-state index >= 15 is 0 Å². The van der Waals surface area contributed by atoms with Crippen LogP contribution >= 0.6 is 0 Å². The maximum absolute atomic E-state index is 12.7. The topological polar surface area (TPSA) is 57.2 Å². The first-order valence-electron chi connectivity index (χ1n) is 7.13. The molecule has 1 aromatic heterocycles. The molecule has 4 heteroatoms. The maximum atomic E-state index is 12.7. The third-order valence-corrected chi connectivity index (χ3v) is 4.34. The lowest BCUT2D eigenvalue weighted by Gasteiger charge is -2.26. The molecule has 0 bridgehead atoms. The largest absolute Gasteiger partial charge is 0.397 e. The second kappa shape index (κ2) is 5.29. The number of rotatable bonds is 2. The Morgan fingerprint density at radius 3 is 2.70 bits per heavy atom. The number of ether oxygens (including phenoxy) is 1. The molecule has 1 saturated carbocycles. The van der Waals surface area contributed by atoms with Crippen molar-refractivity contribution in [2.75, 3.05) is 12.8 Å². The van der Waals surface area contributed by atoms with Gasteiger partial charge in [-0.05, 0) is 37.8 Å². The van der Waals surface area contributed by atoms with Crippen LogP contribution in [0, 0.1) is 5.92 Å². The van der Waals surface area contributed by atoms with Crippen molar-refractivity contribution in [3.05, 3.63) is 30.5 Å². The Morgan fingerprint density at radius 1 is 1.25 bits per heavy atom. The normalized spacial score (nSPS) is 23.1. The number of nitrogens with two attached hydrogens (primary N) is 1. The molecule has 0 radical (unpaired) electrons. The predicted molar refractivity (Wildman–Crippen MR) is 79.7 cm³/mol. The Morgan fingerprint density at radius 2 is 2.00 bits per heavy atom. The van der Waals surface area contributed by atoms with Gasteiger partial charge >= 0.3 is 0 Å². The summed E-state index contributed by atoms with van der Waals surface area (Å²) in [5, 5.41) is 1.02. The van der Waals surface area contributed by atoms with E-state index in [0.29, 0.717) is 11.8 Å². The van der Waals surface area contributed by atoms with E-state index in [1.807, 2.05) is 30.5 Å². The van der Waals surface area contributed by atoms with Gasteiger partial charge in [0.2, 0.25) is 5.91 Å². The van der Waals surface area contributed by atoms with Crippen LogP contribution in [0.5, 0.6) is 0 Å². The summed E-state index contributed by atoms with van der Waals surface area (Å²) >= 11 is 0. The van der Waals surface area contributed by atoms with Crippen molar-refractivity contribution < 1.29 is 9.53 Å². The highest BCUT2D eigenvalue weighted by Gasteiger charge is 2.27. The lowest BCUT2D eigenvalue weighted by atomic mass is 9.86. The summed E-state index contributed by atoms with van der Waals surface area (Å²) in [6, 6.07) is 7.69. The standard InChI is InChI=1S/C16H20N2O2/c1-20-13-7-5-12(6-8-13)16(19)18-10-9-11-3-2-4-14(17)15(11)18/h2-4,9-10,12-13H,5-8,17H2,1H3. The molecule has 4 nitrogen and oxygen atoms in total. The van der Waals surface area contributed by atoms with Crippen LogP contribution in [0.4, 0.5) is 5.69 Å². The Bertz CT molecular complexity index is 624. The Labute approximate surface area is 118 Å².